The Labute approximate surface area is 163 Å². The summed E-state index contributed by atoms with van der Waals surface area (Å²) >= 11 is 0. The van der Waals surface area contributed by atoms with Crippen LogP contribution in [0.15, 0.2) is 87.0 Å². The van der Waals surface area contributed by atoms with Crippen LogP contribution in [0.5, 0.6) is 11.5 Å². The fourth-order valence-electron chi connectivity index (χ4n) is 3.06. The van der Waals surface area contributed by atoms with Crippen LogP contribution in [0.1, 0.15) is 22.3 Å². The van der Waals surface area contributed by atoms with Gasteiger partial charge in [-0.2, -0.15) is 0 Å². The van der Waals surface area contributed by atoms with Crippen molar-refractivity contribution in [3.05, 3.63) is 109 Å². The lowest BCUT2D eigenvalue weighted by molar-refractivity contribution is 0.449. The van der Waals surface area contributed by atoms with E-state index in [-0.39, 0.29) is 7.69 Å². The van der Waals surface area contributed by atoms with E-state index >= 15 is 0 Å². The third kappa shape index (κ3) is 5.52. The van der Waals surface area contributed by atoms with Crippen molar-refractivity contribution in [2.75, 3.05) is 0 Å². The van der Waals surface area contributed by atoms with Crippen LogP contribution in [0.4, 0.5) is 0 Å². The van der Waals surface area contributed by atoms with Crippen molar-refractivity contribution in [1.82, 2.24) is 0 Å². The van der Waals surface area contributed by atoms with E-state index in [1.54, 1.807) is 0 Å². The first-order chi connectivity index (χ1) is 13.2. The van der Waals surface area contributed by atoms with E-state index in [1.807, 2.05) is 36.4 Å². The van der Waals surface area contributed by atoms with Gasteiger partial charge in [0.05, 0.1) is 0 Å². The van der Waals surface area contributed by atoms with Gasteiger partial charge in [-0.25, -0.2) is 0 Å². The summed E-state index contributed by atoms with van der Waals surface area (Å²) in [7, 11) is 0.136. The highest BCUT2D eigenvalue weighted by Gasteiger charge is 2.13. The van der Waals surface area contributed by atoms with E-state index in [0.29, 0.717) is 0 Å². The number of hydrogen-bond donors (Lipinski definition) is 0. The van der Waals surface area contributed by atoms with Crippen molar-refractivity contribution in [1.29, 1.82) is 0 Å². The minimum absolute atomic E-state index is 0.136. The predicted molar refractivity (Wildman–Crippen MR) is 117 cm³/mol. The van der Waals surface area contributed by atoms with Crippen molar-refractivity contribution in [3.8, 4) is 11.5 Å². The largest absolute Gasteiger partial charge is 0.576 e. The number of rotatable bonds is 12. The molecule has 0 aliphatic rings. The quantitative estimate of drug-likeness (QED) is 0.377. The summed E-state index contributed by atoms with van der Waals surface area (Å²) in [4.78, 5) is 0. The molecule has 2 aromatic carbocycles. The molecule has 0 fully saturated rings. The second-order valence-corrected chi connectivity index (χ2v) is 6.19. The first-order valence-electron chi connectivity index (χ1n) is 9.15. The maximum atomic E-state index is 6.07. The molecule has 0 unspecified atom stereocenters. The van der Waals surface area contributed by atoms with Crippen molar-refractivity contribution in [2.45, 2.75) is 25.7 Å². The Kier molecular flexibility index (Phi) is 8.24. The molecule has 0 bridgehead atoms. The zero-order valence-corrected chi connectivity index (χ0v) is 16.0. The summed E-state index contributed by atoms with van der Waals surface area (Å²) in [6.45, 7) is 15.4. The molecule has 0 saturated heterocycles. The summed E-state index contributed by atoms with van der Waals surface area (Å²) in [6.07, 6.45) is 10.5. The zero-order chi connectivity index (χ0) is 19.5. The van der Waals surface area contributed by atoms with E-state index in [4.69, 9.17) is 9.31 Å². The molecule has 0 aliphatic heterocycles. The van der Waals surface area contributed by atoms with Crippen LogP contribution in [0.2, 0.25) is 0 Å². The van der Waals surface area contributed by atoms with E-state index in [9.17, 15) is 0 Å². The first-order valence-corrected chi connectivity index (χ1v) is 9.15. The summed E-state index contributed by atoms with van der Waals surface area (Å²) in [5, 5.41) is 0. The van der Waals surface area contributed by atoms with Crippen LogP contribution in [-0.4, -0.2) is 7.69 Å². The van der Waals surface area contributed by atoms with Gasteiger partial charge in [0, 0.05) is 0 Å². The Morgan fingerprint density at radius 1 is 0.593 bits per heavy atom. The maximum absolute atomic E-state index is 6.07. The third-order valence-electron chi connectivity index (χ3n) is 4.22. The fraction of sp³-hybridized carbons (Fsp3) is 0.167. The summed E-state index contributed by atoms with van der Waals surface area (Å²) in [5.41, 5.74) is 4.38. The average Bonchev–Trinajstić information content (AvgIpc) is 2.66. The van der Waals surface area contributed by atoms with Gasteiger partial charge in [0.1, 0.15) is 11.5 Å². The number of benzene rings is 2. The lowest BCUT2D eigenvalue weighted by Gasteiger charge is -2.18. The number of hydrogen-bond acceptors (Lipinski definition) is 2. The van der Waals surface area contributed by atoms with Crippen molar-refractivity contribution < 1.29 is 9.31 Å². The maximum Gasteiger partial charge on any atom is 0.576 e. The minimum Gasteiger partial charge on any atom is -0.528 e. The van der Waals surface area contributed by atoms with Gasteiger partial charge in [-0.15, -0.1) is 26.3 Å². The second kappa shape index (κ2) is 10.9. The van der Waals surface area contributed by atoms with Crippen molar-refractivity contribution in [2.24, 2.45) is 0 Å². The monoisotopic (exact) mass is 358 g/mol. The normalized spacial score (nSPS) is 9.93. The molecule has 0 radical (unpaired) electrons. The molecule has 0 aliphatic carbocycles. The van der Waals surface area contributed by atoms with E-state index < -0.39 is 0 Å². The zero-order valence-electron chi connectivity index (χ0n) is 16.0. The van der Waals surface area contributed by atoms with Gasteiger partial charge in [0.25, 0.3) is 0 Å². The molecule has 0 saturated carbocycles. The highest BCUT2D eigenvalue weighted by molar-refractivity contribution is 6.21. The Hall–Kier alpha value is -2.94. The summed E-state index contributed by atoms with van der Waals surface area (Å²) in [5.74, 6) is 1.70. The standard InChI is InChI=1S/C24H27BO2/c1-5-11-19-15-9-16-20(12-6-2)23(19)26-25-27-24-21(13-7-3)17-10-18-22(24)14-8-4/h5-10,15-18,25H,1-4,11-14H2. The van der Waals surface area contributed by atoms with Gasteiger partial charge in [0.15, 0.2) is 0 Å². The number of para-hydroxylation sites is 2. The van der Waals surface area contributed by atoms with Crippen molar-refractivity contribution in [3.63, 3.8) is 0 Å². The van der Waals surface area contributed by atoms with Gasteiger partial charge < -0.3 is 9.31 Å². The molecular formula is C24H27BO2. The van der Waals surface area contributed by atoms with Crippen LogP contribution in [0.25, 0.3) is 0 Å². The van der Waals surface area contributed by atoms with Crippen LogP contribution in [0, 0.1) is 0 Å². The third-order valence-corrected chi connectivity index (χ3v) is 4.22. The van der Waals surface area contributed by atoms with E-state index in [1.165, 1.54) is 0 Å². The Balaban J connectivity index is 2.23. The Morgan fingerprint density at radius 2 is 0.889 bits per heavy atom. The fourth-order valence-corrected chi connectivity index (χ4v) is 3.06. The molecular weight excluding hydrogens is 331 g/mol. The highest BCUT2D eigenvalue weighted by atomic mass is 16.6. The molecule has 138 valence electrons. The molecule has 0 spiro atoms. The number of allylic oxidation sites excluding steroid dienone is 4. The summed E-state index contributed by atoms with van der Waals surface area (Å²) < 4.78 is 12.1. The van der Waals surface area contributed by atoms with E-state index in [2.05, 4.69) is 50.6 Å². The molecule has 27 heavy (non-hydrogen) atoms. The Bertz CT molecular complexity index is 684. The van der Waals surface area contributed by atoms with Crippen molar-refractivity contribution >= 4 is 7.69 Å². The molecule has 0 aromatic heterocycles. The molecule has 0 N–H and O–H groups in total. The summed E-state index contributed by atoms with van der Waals surface area (Å²) in [6, 6.07) is 12.3. The van der Waals surface area contributed by atoms with Crippen LogP contribution in [-0.2, 0) is 25.7 Å². The lowest BCUT2D eigenvalue weighted by atomic mass is 10.0. The van der Waals surface area contributed by atoms with Gasteiger partial charge in [-0.1, -0.05) is 60.7 Å². The van der Waals surface area contributed by atoms with Gasteiger partial charge in [-0.3, -0.25) is 0 Å². The predicted octanol–water partition coefficient (Wildman–Crippen LogP) is 5.32. The molecule has 0 amide bonds. The van der Waals surface area contributed by atoms with Gasteiger partial charge in [0.2, 0.25) is 0 Å². The molecule has 3 heteroatoms. The lowest BCUT2D eigenvalue weighted by Crippen LogP contribution is -2.15. The van der Waals surface area contributed by atoms with Gasteiger partial charge in [-0.05, 0) is 47.9 Å². The highest BCUT2D eigenvalue weighted by Crippen LogP contribution is 2.28. The van der Waals surface area contributed by atoms with Crippen LogP contribution >= 0.6 is 0 Å². The topological polar surface area (TPSA) is 18.5 Å². The Morgan fingerprint density at radius 3 is 1.15 bits per heavy atom. The molecule has 2 aromatic rings. The average molecular weight is 358 g/mol. The van der Waals surface area contributed by atoms with E-state index in [0.717, 1.165) is 59.4 Å². The van der Waals surface area contributed by atoms with Crippen LogP contribution in [0.3, 0.4) is 0 Å². The smallest absolute Gasteiger partial charge is 0.528 e. The molecule has 2 nitrogen and oxygen atoms in total. The molecule has 0 atom stereocenters. The molecule has 0 heterocycles. The van der Waals surface area contributed by atoms with Crippen LogP contribution < -0.4 is 9.31 Å². The molecule has 2 rings (SSSR count). The van der Waals surface area contributed by atoms with Gasteiger partial charge >= 0.3 is 7.69 Å². The SMILES string of the molecule is C=CCc1cccc(CC=C)c1OBOc1c(CC=C)cccc1CC=C. The minimum atomic E-state index is 0.136. The first kappa shape index (κ1) is 20.4. The second-order valence-electron chi connectivity index (χ2n) is 6.19.